The van der Waals surface area contributed by atoms with Gasteiger partial charge in [-0.25, -0.2) is 0 Å². The quantitative estimate of drug-likeness (QED) is 0.773. The molecule has 2 rings (SSSR count). The lowest BCUT2D eigenvalue weighted by atomic mass is 10.1. The summed E-state index contributed by atoms with van der Waals surface area (Å²) in [5.41, 5.74) is 1.23. The second-order valence-electron chi connectivity index (χ2n) is 4.15. The van der Waals surface area contributed by atoms with Gasteiger partial charge in [-0.2, -0.15) is 0 Å². The van der Waals surface area contributed by atoms with Crippen molar-refractivity contribution in [1.29, 1.82) is 0 Å². The molecule has 17 heavy (non-hydrogen) atoms. The highest BCUT2D eigenvalue weighted by atomic mass is 16.5. The summed E-state index contributed by atoms with van der Waals surface area (Å²) in [6, 6.07) is 3.21. The number of aliphatic hydroxyl groups excluding tert-OH is 1. The highest BCUT2D eigenvalue weighted by molar-refractivity contribution is 5.95. The molecule has 1 aromatic rings. The van der Waals surface area contributed by atoms with Crippen LogP contribution >= 0.6 is 0 Å². The number of rotatable bonds is 2. The molecule has 1 aromatic heterocycles. The summed E-state index contributed by atoms with van der Waals surface area (Å²) >= 11 is 0. The fourth-order valence-corrected chi connectivity index (χ4v) is 1.86. The summed E-state index contributed by atoms with van der Waals surface area (Å²) in [6.45, 7) is 2.63. The fourth-order valence-electron chi connectivity index (χ4n) is 1.86. The van der Waals surface area contributed by atoms with Crippen LogP contribution in [0, 0.1) is 6.92 Å². The SMILES string of the molecule is Cc1ncccc1C(=O)N[C@@H]1CCOC[C@H]1O. The zero-order valence-corrected chi connectivity index (χ0v) is 9.72. The molecule has 0 aliphatic carbocycles. The normalized spacial score (nSPS) is 24.4. The van der Waals surface area contributed by atoms with Crippen molar-refractivity contribution in [3.8, 4) is 0 Å². The Morgan fingerprint density at radius 2 is 2.47 bits per heavy atom. The molecular weight excluding hydrogens is 220 g/mol. The molecule has 1 aliphatic heterocycles. The van der Waals surface area contributed by atoms with Crippen LogP contribution in [0.3, 0.4) is 0 Å². The van der Waals surface area contributed by atoms with E-state index in [1.54, 1.807) is 25.3 Å². The number of hydrogen-bond donors (Lipinski definition) is 2. The summed E-state index contributed by atoms with van der Waals surface area (Å²) in [5.74, 6) is -0.193. The third-order valence-corrected chi connectivity index (χ3v) is 2.89. The van der Waals surface area contributed by atoms with Gasteiger partial charge in [0.05, 0.1) is 24.3 Å². The summed E-state index contributed by atoms with van der Waals surface area (Å²) in [6.07, 6.45) is 1.64. The van der Waals surface area contributed by atoms with Crippen LogP contribution in [0.1, 0.15) is 22.5 Å². The Kier molecular flexibility index (Phi) is 3.71. The van der Waals surface area contributed by atoms with E-state index < -0.39 is 6.10 Å². The van der Waals surface area contributed by atoms with Gasteiger partial charge in [0, 0.05) is 18.5 Å². The number of aliphatic hydroxyl groups is 1. The van der Waals surface area contributed by atoms with Gasteiger partial charge in [-0.1, -0.05) is 0 Å². The molecule has 92 valence electrons. The summed E-state index contributed by atoms with van der Waals surface area (Å²) < 4.78 is 5.11. The maximum atomic E-state index is 12.0. The molecule has 1 fully saturated rings. The van der Waals surface area contributed by atoms with Crippen LogP contribution in [0.15, 0.2) is 18.3 Å². The second kappa shape index (κ2) is 5.25. The van der Waals surface area contributed by atoms with Crippen LogP contribution in [0.2, 0.25) is 0 Å². The van der Waals surface area contributed by atoms with Gasteiger partial charge in [0.25, 0.3) is 5.91 Å². The Labute approximate surface area is 99.8 Å². The largest absolute Gasteiger partial charge is 0.389 e. The molecule has 1 saturated heterocycles. The van der Waals surface area contributed by atoms with Crippen LogP contribution in [0.4, 0.5) is 0 Å². The maximum absolute atomic E-state index is 12.0. The lowest BCUT2D eigenvalue weighted by Gasteiger charge is -2.28. The van der Waals surface area contributed by atoms with Crippen molar-refractivity contribution in [3.05, 3.63) is 29.6 Å². The van der Waals surface area contributed by atoms with Crippen molar-refractivity contribution >= 4 is 5.91 Å². The van der Waals surface area contributed by atoms with Gasteiger partial charge in [-0.15, -0.1) is 0 Å². The first-order chi connectivity index (χ1) is 8.18. The molecule has 1 amide bonds. The molecule has 5 nitrogen and oxygen atoms in total. The standard InChI is InChI=1S/C12H16N2O3/c1-8-9(3-2-5-13-8)12(16)14-10-4-6-17-7-11(10)15/h2-3,5,10-11,15H,4,6-7H2,1H3,(H,14,16)/t10-,11-/m1/s1. The molecule has 2 atom stereocenters. The van der Waals surface area contributed by atoms with E-state index in [1.807, 2.05) is 0 Å². The van der Waals surface area contributed by atoms with E-state index in [1.165, 1.54) is 0 Å². The van der Waals surface area contributed by atoms with Gasteiger partial charge < -0.3 is 15.2 Å². The molecule has 0 spiro atoms. The summed E-state index contributed by atoms with van der Waals surface area (Å²) in [7, 11) is 0. The molecule has 0 saturated carbocycles. The van der Waals surface area contributed by atoms with Gasteiger partial charge in [0.1, 0.15) is 0 Å². The van der Waals surface area contributed by atoms with E-state index in [0.29, 0.717) is 24.3 Å². The molecule has 5 heteroatoms. The summed E-state index contributed by atoms with van der Waals surface area (Å²) in [5, 5.41) is 12.5. The van der Waals surface area contributed by atoms with Crippen molar-refractivity contribution < 1.29 is 14.6 Å². The van der Waals surface area contributed by atoms with Crippen molar-refractivity contribution in [3.63, 3.8) is 0 Å². The van der Waals surface area contributed by atoms with Gasteiger partial charge >= 0.3 is 0 Å². The molecule has 2 N–H and O–H groups in total. The molecule has 1 aliphatic rings. The zero-order chi connectivity index (χ0) is 12.3. The first-order valence-electron chi connectivity index (χ1n) is 5.67. The van der Waals surface area contributed by atoms with Crippen LogP contribution in [0.25, 0.3) is 0 Å². The predicted octanol–water partition coefficient (Wildman–Crippen LogP) is 0.270. The monoisotopic (exact) mass is 236 g/mol. The number of hydrogen-bond acceptors (Lipinski definition) is 4. The Morgan fingerprint density at radius 1 is 1.65 bits per heavy atom. The van der Waals surface area contributed by atoms with Gasteiger partial charge in [0.15, 0.2) is 0 Å². The predicted molar refractivity (Wildman–Crippen MR) is 61.7 cm³/mol. The van der Waals surface area contributed by atoms with Crippen LogP contribution < -0.4 is 5.32 Å². The molecule has 2 heterocycles. The lowest BCUT2D eigenvalue weighted by molar-refractivity contribution is -0.0260. The van der Waals surface area contributed by atoms with E-state index in [4.69, 9.17) is 4.74 Å². The lowest BCUT2D eigenvalue weighted by Crippen LogP contribution is -2.48. The van der Waals surface area contributed by atoms with Crippen molar-refractivity contribution in [2.45, 2.75) is 25.5 Å². The van der Waals surface area contributed by atoms with E-state index in [-0.39, 0.29) is 18.6 Å². The Hall–Kier alpha value is -1.46. The topological polar surface area (TPSA) is 71.5 Å². The Bertz CT molecular complexity index is 408. The van der Waals surface area contributed by atoms with Crippen LogP contribution in [0.5, 0.6) is 0 Å². The smallest absolute Gasteiger partial charge is 0.253 e. The van der Waals surface area contributed by atoms with Gasteiger partial charge in [-0.3, -0.25) is 9.78 Å². The first-order valence-corrected chi connectivity index (χ1v) is 5.67. The molecule has 0 unspecified atom stereocenters. The van der Waals surface area contributed by atoms with E-state index in [2.05, 4.69) is 10.3 Å². The minimum atomic E-state index is -0.635. The van der Waals surface area contributed by atoms with Crippen molar-refractivity contribution in [2.75, 3.05) is 13.2 Å². The molecular formula is C12H16N2O3. The Balaban J connectivity index is 2.04. The van der Waals surface area contributed by atoms with E-state index >= 15 is 0 Å². The van der Waals surface area contributed by atoms with E-state index in [9.17, 15) is 9.90 Å². The third kappa shape index (κ3) is 2.81. The Morgan fingerprint density at radius 3 is 3.18 bits per heavy atom. The van der Waals surface area contributed by atoms with Gasteiger partial charge in [-0.05, 0) is 25.5 Å². The average Bonchev–Trinajstić information content (AvgIpc) is 2.32. The highest BCUT2D eigenvalue weighted by Gasteiger charge is 2.25. The minimum Gasteiger partial charge on any atom is -0.389 e. The zero-order valence-electron chi connectivity index (χ0n) is 9.72. The van der Waals surface area contributed by atoms with Crippen molar-refractivity contribution in [2.24, 2.45) is 0 Å². The number of pyridine rings is 1. The maximum Gasteiger partial charge on any atom is 0.253 e. The number of aromatic nitrogens is 1. The fraction of sp³-hybridized carbons (Fsp3) is 0.500. The minimum absolute atomic E-state index is 0.193. The number of carbonyl (C=O) groups excluding carboxylic acids is 1. The molecule has 0 radical (unpaired) electrons. The summed E-state index contributed by atoms with van der Waals surface area (Å²) in [4.78, 5) is 16.0. The number of carbonyl (C=O) groups is 1. The highest BCUT2D eigenvalue weighted by Crippen LogP contribution is 2.10. The number of amides is 1. The second-order valence-corrected chi connectivity index (χ2v) is 4.15. The van der Waals surface area contributed by atoms with Gasteiger partial charge in [0.2, 0.25) is 0 Å². The third-order valence-electron chi connectivity index (χ3n) is 2.89. The van der Waals surface area contributed by atoms with Crippen molar-refractivity contribution in [1.82, 2.24) is 10.3 Å². The molecule has 0 aromatic carbocycles. The van der Waals surface area contributed by atoms with Crippen LogP contribution in [-0.2, 0) is 4.74 Å². The van der Waals surface area contributed by atoms with E-state index in [0.717, 1.165) is 0 Å². The first kappa shape index (κ1) is 12.0. The number of nitrogens with one attached hydrogen (secondary N) is 1. The number of nitrogens with zero attached hydrogens (tertiary/aromatic N) is 1. The average molecular weight is 236 g/mol. The molecule has 0 bridgehead atoms. The van der Waals surface area contributed by atoms with Crippen LogP contribution in [-0.4, -0.2) is 41.4 Å². The number of ether oxygens (including phenoxy) is 1. The number of aryl methyl sites for hydroxylation is 1.